The molecule has 0 radical (unpaired) electrons. The van der Waals surface area contributed by atoms with Crippen LogP contribution in [-0.4, -0.2) is 10.8 Å². The molecule has 1 aromatic heterocycles. The molecule has 3 N–H and O–H groups in total. The summed E-state index contributed by atoms with van der Waals surface area (Å²) in [4.78, 5) is 4.31. The highest BCUT2D eigenvalue weighted by Crippen LogP contribution is 2.27. The minimum Gasteiger partial charge on any atom is -0.436 e. The first-order chi connectivity index (χ1) is 10.1. The van der Waals surface area contributed by atoms with Gasteiger partial charge in [0.25, 0.3) is 0 Å². The van der Waals surface area contributed by atoms with E-state index in [0.717, 1.165) is 5.39 Å². The lowest BCUT2D eigenvalue weighted by molar-refractivity contribution is 0.429. The molecule has 0 fully saturated rings. The molecule has 3 rings (SSSR count). The van der Waals surface area contributed by atoms with Crippen molar-refractivity contribution in [3.05, 3.63) is 66.0 Å². The van der Waals surface area contributed by atoms with Gasteiger partial charge >= 0.3 is 0 Å². The lowest BCUT2D eigenvalue weighted by atomic mass is 10.1. The number of nitrogen functional groups attached to an aromatic ring is 1. The van der Waals surface area contributed by atoms with Crippen LogP contribution in [0.5, 0.6) is 11.6 Å². The topological polar surface area (TPSA) is 72.0 Å². The highest BCUT2D eigenvalue weighted by Gasteiger charge is 2.10. The van der Waals surface area contributed by atoms with Gasteiger partial charge in [-0.15, -0.1) is 0 Å². The Morgan fingerprint density at radius 1 is 1.10 bits per heavy atom. The second-order valence-corrected chi connectivity index (χ2v) is 4.47. The molecule has 0 saturated carbocycles. The zero-order chi connectivity index (χ0) is 14.8. The Labute approximate surface area is 120 Å². The van der Waals surface area contributed by atoms with Gasteiger partial charge in [0.05, 0.1) is 5.52 Å². The molecule has 0 bridgehead atoms. The van der Waals surface area contributed by atoms with Crippen LogP contribution in [0.1, 0.15) is 5.56 Å². The van der Waals surface area contributed by atoms with E-state index >= 15 is 0 Å². The van der Waals surface area contributed by atoms with Crippen LogP contribution in [0, 0.1) is 11.2 Å². The highest BCUT2D eigenvalue weighted by molar-refractivity contribution is 6.06. The van der Waals surface area contributed by atoms with Gasteiger partial charge in [-0.3, -0.25) is 5.41 Å². The van der Waals surface area contributed by atoms with Gasteiger partial charge in [-0.2, -0.15) is 0 Å². The summed E-state index contributed by atoms with van der Waals surface area (Å²) in [5, 5.41) is 8.41. The quantitative estimate of drug-likeness (QED) is 0.570. The third-order valence-electron chi connectivity index (χ3n) is 3.03. The number of halogens is 1. The van der Waals surface area contributed by atoms with Crippen molar-refractivity contribution in [2.24, 2.45) is 5.73 Å². The summed E-state index contributed by atoms with van der Waals surface area (Å²) in [5.74, 6) is -0.289. The van der Waals surface area contributed by atoms with Gasteiger partial charge in [0, 0.05) is 17.0 Å². The number of rotatable bonds is 3. The smallest absolute Gasteiger partial charge is 0.220 e. The molecule has 104 valence electrons. The van der Waals surface area contributed by atoms with Gasteiger partial charge < -0.3 is 10.5 Å². The standard InChI is InChI=1S/C16H12FN3O/c17-12-6-2-4-8-14(12)21-15-9-11(16(18)19)10-5-1-3-7-13(10)20-15/h1-9H,(H3,18,19). The fourth-order valence-electron chi connectivity index (χ4n) is 2.07. The van der Waals surface area contributed by atoms with Crippen molar-refractivity contribution in [2.75, 3.05) is 0 Å². The normalized spacial score (nSPS) is 10.5. The van der Waals surface area contributed by atoms with E-state index < -0.39 is 5.82 Å². The lowest BCUT2D eigenvalue weighted by Gasteiger charge is -2.10. The average Bonchev–Trinajstić information content (AvgIpc) is 2.48. The molecular weight excluding hydrogens is 269 g/mol. The molecule has 0 spiro atoms. The third-order valence-corrected chi connectivity index (χ3v) is 3.03. The molecule has 0 aliphatic heterocycles. The monoisotopic (exact) mass is 281 g/mol. The Morgan fingerprint density at radius 2 is 1.81 bits per heavy atom. The number of nitrogens with two attached hydrogens (primary N) is 1. The van der Waals surface area contributed by atoms with Gasteiger partial charge in [-0.05, 0) is 18.2 Å². The number of ether oxygens (including phenoxy) is 1. The van der Waals surface area contributed by atoms with Crippen molar-refractivity contribution < 1.29 is 9.13 Å². The number of nitrogens with zero attached hydrogens (tertiary/aromatic N) is 1. The van der Waals surface area contributed by atoms with Crippen LogP contribution in [0.25, 0.3) is 10.9 Å². The van der Waals surface area contributed by atoms with Crippen LogP contribution in [0.2, 0.25) is 0 Å². The largest absolute Gasteiger partial charge is 0.436 e. The molecule has 4 nitrogen and oxygen atoms in total. The number of pyridine rings is 1. The fourth-order valence-corrected chi connectivity index (χ4v) is 2.07. The second-order valence-electron chi connectivity index (χ2n) is 4.47. The van der Waals surface area contributed by atoms with Crippen molar-refractivity contribution in [2.45, 2.75) is 0 Å². The maximum absolute atomic E-state index is 13.6. The van der Waals surface area contributed by atoms with E-state index in [9.17, 15) is 4.39 Å². The van der Waals surface area contributed by atoms with Gasteiger partial charge in [-0.1, -0.05) is 30.3 Å². The average molecular weight is 281 g/mol. The van der Waals surface area contributed by atoms with E-state index in [0.29, 0.717) is 11.1 Å². The first-order valence-corrected chi connectivity index (χ1v) is 6.32. The zero-order valence-corrected chi connectivity index (χ0v) is 11.0. The Balaban J connectivity index is 2.11. The number of fused-ring (bicyclic) bond motifs is 1. The first-order valence-electron chi connectivity index (χ1n) is 6.32. The van der Waals surface area contributed by atoms with Crippen LogP contribution < -0.4 is 10.5 Å². The van der Waals surface area contributed by atoms with Crippen molar-refractivity contribution in [1.29, 1.82) is 5.41 Å². The van der Waals surface area contributed by atoms with E-state index in [1.165, 1.54) is 18.2 Å². The van der Waals surface area contributed by atoms with Gasteiger partial charge in [0.1, 0.15) is 5.84 Å². The van der Waals surface area contributed by atoms with Crippen molar-refractivity contribution >= 4 is 16.7 Å². The maximum atomic E-state index is 13.6. The van der Waals surface area contributed by atoms with E-state index in [4.69, 9.17) is 15.9 Å². The number of hydrogen-bond donors (Lipinski definition) is 2. The summed E-state index contributed by atoms with van der Waals surface area (Å²) >= 11 is 0. The predicted molar refractivity (Wildman–Crippen MR) is 79.2 cm³/mol. The summed E-state index contributed by atoms with van der Waals surface area (Å²) in [7, 11) is 0. The summed E-state index contributed by atoms with van der Waals surface area (Å²) in [6, 6.07) is 14.9. The third kappa shape index (κ3) is 2.53. The Hall–Kier alpha value is -2.95. The van der Waals surface area contributed by atoms with E-state index in [1.807, 2.05) is 18.2 Å². The van der Waals surface area contributed by atoms with Crippen LogP contribution in [0.15, 0.2) is 54.6 Å². The van der Waals surface area contributed by atoms with Crippen LogP contribution in [-0.2, 0) is 0 Å². The van der Waals surface area contributed by atoms with Gasteiger partial charge in [-0.25, -0.2) is 9.37 Å². The number of nitrogens with one attached hydrogen (secondary N) is 1. The molecule has 0 aliphatic rings. The first kappa shape index (κ1) is 13.1. The molecular formula is C16H12FN3O. The van der Waals surface area contributed by atoms with Crippen LogP contribution in [0.4, 0.5) is 4.39 Å². The molecule has 2 aromatic carbocycles. The van der Waals surface area contributed by atoms with E-state index in [2.05, 4.69) is 4.98 Å². The van der Waals surface area contributed by atoms with Crippen molar-refractivity contribution in [3.8, 4) is 11.6 Å². The molecule has 0 atom stereocenters. The molecule has 21 heavy (non-hydrogen) atoms. The molecule has 3 aromatic rings. The number of hydrogen-bond acceptors (Lipinski definition) is 3. The molecule has 0 amide bonds. The molecule has 1 heterocycles. The Bertz CT molecular complexity index is 833. The molecule has 0 saturated heterocycles. The Kier molecular flexibility index (Phi) is 3.23. The molecule has 5 heteroatoms. The summed E-state index contributed by atoms with van der Waals surface area (Å²) < 4.78 is 19.1. The fraction of sp³-hybridized carbons (Fsp3) is 0. The van der Waals surface area contributed by atoms with Crippen LogP contribution >= 0.6 is 0 Å². The van der Waals surface area contributed by atoms with Crippen molar-refractivity contribution in [3.63, 3.8) is 0 Å². The van der Waals surface area contributed by atoms with E-state index in [1.54, 1.807) is 18.2 Å². The number of aromatic nitrogens is 1. The molecule has 0 aliphatic carbocycles. The number of amidine groups is 1. The predicted octanol–water partition coefficient (Wildman–Crippen LogP) is 3.45. The summed E-state index contributed by atoms with van der Waals surface area (Å²) in [6.07, 6.45) is 0. The number of para-hydroxylation sites is 2. The Morgan fingerprint density at radius 3 is 2.57 bits per heavy atom. The van der Waals surface area contributed by atoms with Crippen molar-refractivity contribution in [1.82, 2.24) is 4.98 Å². The van der Waals surface area contributed by atoms with E-state index in [-0.39, 0.29) is 17.5 Å². The maximum Gasteiger partial charge on any atom is 0.220 e. The second kappa shape index (κ2) is 5.20. The van der Waals surface area contributed by atoms with Gasteiger partial charge in [0.15, 0.2) is 11.6 Å². The minimum absolute atomic E-state index is 0.0785. The summed E-state index contributed by atoms with van der Waals surface area (Å²) in [6.45, 7) is 0. The zero-order valence-electron chi connectivity index (χ0n) is 11.0. The lowest BCUT2D eigenvalue weighted by Crippen LogP contribution is -2.12. The SMILES string of the molecule is N=C(N)c1cc(Oc2ccccc2F)nc2ccccc12. The van der Waals surface area contributed by atoms with Crippen LogP contribution in [0.3, 0.4) is 0 Å². The van der Waals surface area contributed by atoms with Gasteiger partial charge in [0.2, 0.25) is 5.88 Å². The molecule has 0 unspecified atom stereocenters. The minimum atomic E-state index is -0.475. The highest BCUT2D eigenvalue weighted by atomic mass is 19.1. The number of benzene rings is 2. The summed E-state index contributed by atoms with van der Waals surface area (Å²) in [5.41, 5.74) is 6.74.